The molecule has 1 aromatic heterocycles. The van der Waals surface area contributed by atoms with Gasteiger partial charge in [0.25, 0.3) is 5.91 Å². The van der Waals surface area contributed by atoms with Crippen molar-refractivity contribution < 1.29 is 4.79 Å². The van der Waals surface area contributed by atoms with E-state index in [4.69, 9.17) is 11.6 Å². The molecule has 0 saturated heterocycles. The van der Waals surface area contributed by atoms with Crippen LogP contribution in [0.15, 0.2) is 5.38 Å². The smallest absolute Gasteiger partial charge is 0.262 e. The van der Waals surface area contributed by atoms with Crippen molar-refractivity contribution in [2.24, 2.45) is 0 Å². The van der Waals surface area contributed by atoms with Crippen LogP contribution in [0.4, 0.5) is 0 Å². The van der Waals surface area contributed by atoms with Gasteiger partial charge in [-0.15, -0.1) is 11.3 Å². The second-order valence-electron chi connectivity index (χ2n) is 3.52. The van der Waals surface area contributed by atoms with Crippen molar-refractivity contribution >= 4 is 28.8 Å². The zero-order valence-corrected chi connectivity index (χ0v) is 11.2. The minimum Gasteiger partial charge on any atom is -0.351 e. The minimum absolute atomic E-state index is 0.0698. The summed E-state index contributed by atoms with van der Waals surface area (Å²) in [7, 11) is 0. The molecule has 90 valence electrons. The van der Waals surface area contributed by atoms with Crippen LogP contribution in [-0.2, 0) is 0 Å². The first kappa shape index (κ1) is 13.5. The van der Waals surface area contributed by atoms with Crippen LogP contribution in [0.2, 0.25) is 5.02 Å². The van der Waals surface area contributed by atoms with E-state index in [-0.39, 0.29) is 5.91 Å². The van der Waals surface area contributed by atoms with E-state index in [0.29, 0.717) is 16.4 Å². The fourth-order valence-electron chi connectivity index (χ4n) is 1.26. The van der Waals surface area contributed by atoms with Gasteiger partial charge in [-0.25, -0.2) is 0 Å². The van der Waals surface area contributed by atoms with Crippen molar-refractivity contribution in [1.82, 2.24) is 10.6 Å². The summed E-state index contributed by atoms with van der Waals surface area (Å²) in [5, 5.41) is 8.54. The van der Waals surface area contributed by atoms with Crippen LogP contribution >= 0.6 is 22.9 Å². The molecule has 0 bridgehead atoms. The molecule has 0 aromatic carbocycles. The summed E-state index contributed by atoms with van der Waals surface area (Å²) >= 11 is 7.40. The molecule has 1 aromatic rings. The minimum atomic E-state index is -0.0698. The van der Waals surface area contributed by atoms with E-state index in [0.717, 1.165) is 25.1 Å². The molecule has 1 rings (SSSR count). The molecule has 0 fully saturated rings. The second-order valence-corrected chi connectivity index (χ2v) is 4.78. The molecule has 16 heavy (non-hydrogen) atoms. The van der Waals surface area contributed by atoms with Gasteiger partial charge >= 0.3 is 0 Å². The molecule has 0 atom stereocenters. The Balaban J connectivity index is 2.33. The van der Waals surface area contributed by atoms with Gasteiger partial charge in [0.05, 0.1) is 5.02 Å². The Hall–Kier alpha value is -0.580. The fourth-order valence-corrected chi connectivity index (χ4v) is 2.45. The van der Waals surface area contributed by atoms with Crippen molar-refractivity contribution in [2.75, 3.05) is 19.6 Å². The third-order valence-corrected chi connectivity index (χ3v) is 3.87. The molecular formula is C11H17ClN2OS. The Kier molecular flexibility index (Phi) is 5.80. The van der Waals surface area contributed by atoms with Crippen LogP contribution in [0.25, 0.3) is 0 Å². The fraction of sp³-hybridized carbons (Fsp3) is 0.545. The molecule has 0 aliphatic heterocycles. The zero-order chi connectivity index (χ0) is 12.0. The summed E-state index contributed by atoms with van der Waals surface area (Å²) in [6, 6.07) is 0. The van der Waals surface area contributed by atoms with Gasteiger partial charge < -0.3 is 10.6 Å². The number of rotatable bonds is 6. The number of halogens is 1. The zero-order valence-electron chi connectivity index (χ0n) is 9.60. The standard InChI is InChI=1S/C11H17ClN2OS/c1-3-13-5-4-6-14-11(15)10-9(12)8(2)7-16-10/h7,13H,3-6H2,1-2H3,(H,14,15). The maximum atomic E-state index is 11.7. The topological polar surface area (TPSA) is 41.1 Å². The number of carbonyl (C=O) groups is 1. The van der Waals surface area contributed by atoms with Gasteiger partial charge in [0, 0.05) is 6.54 Å². The quantitative estimate of drug-likeness (QED) is 0.772. The lowest BCUT2D eigenvalue weighted by Crippen LogP contribution is -2.26. The molecule has 3 nitrogen and oxygen atoms in total. The summed E-state index contributed by atoms with van der Waals surface area (Å²) < 4.78 is 0. The summed E-state index contributed by atoms with van der Waals surface area (Å²) in [5.41, 5.74) is 0.962. The van der Waals surface area contributed by atoms with E-state index in [9.17, 15) is 4.79 Å². The number of carbonyl (C=O) groups excluding carboxylic acids is 1. The first-order valence-electron chi connectivity index (χ1n) is 5.39. The van der Waals surface area contributed by atoms with Gasteiger partial charge in [-0.1, -0.05) is 18.5 Å². The van der Waals surface area contributed by atoms with Gasteiger partial charge in [-0.3, -0.25) is 4.79 Å². The number of hydrogen-bond acceptors (Lipinski definition) is 3. The largest absolute Gasteiger partial charge is 0.351 e. The monoisotopic (exact) mass is 260 g/mol. The lowest BCUT2D eigenvalue weighted by atomic mass is 10.3. The summed E-state index contributed by atoms with van der Waals surface area (Å²) in [6.45, 7) is 6.53. The number of thiophene rings is 1. The highest BCUT2D eigenvalue weighted by molar-refractivity contribution is 7.13. The molecule has 0 spiro atoms. The molecule has 1 heterocycles. The van der Waals surface area contributed by atoms with Crippen LogP contribution in [0.3, 0.4) is 0 Å². The Morgan fingerprint density at radius 2 is 2.25 bits per heavy atom. The summed E-state index contributed by atoms with van der Waals surface area (Å²) in [5.74, 6) is -0.0698. The highest BCUT2D eigenvalue weighted by Gasteiger charge is 2.13. The first-order chi connectivity index (χ1) is 7.66. The van der Waals surface area contributed by atoms with Gasteiger partial charge in [-0.05, 0) is 37.4 Å². The summed E-state index contributed by atoms with van der Waals surface area (Å²) in [6.07, 6.45) is 0.932. The van der Waals surface area contributed by atoms with E-state index in [1.807, 2.05) is 12.3 Å². The molecule has 2 N–H and O–H groups in total. The Morgan fingerprint density at radius 3 is 2.81 bits per heavy atom. The third-order valence-electron chi connectivity index (χ3n) is 2.17. The van der Waals surface area contributed by atoms with Crippen LogP contribution in [0.5, 0.6) is 0 Å². The molecule has 0 aliphatic carbocycles. The SMILES string of the molecule is CCNCCCNC(=O)c1scc(C)c1Cl. The average Bonchev–Trinajstić information content (AvgIpc) is 2.59. The van der Waals surface area contributed by atoms with E-state index in [1.165, 1.54) is 11.3 Å². The van der Waals surface area contributed by atoms with E-state index in [2.05, 4.69) is 17.6 Å². The molecule has 0 aliphatic rings. The van der Waals surface area contributed by atoms with Gasteiger partial charge in [0.1, 0.15) is 4.88 Å². The van der Waals surface area contributed by atoms with Crippen LogP contribution in [-0.4, -0.2) is 25.5 Å². The maximum Gasteiger partial charge on any atom is 0.262 e. The molecule has 0 unspecified atom stereocenters. The van der Waals surface area contributed by atoms with E-state index >= 15 is 0 Å². The lowest BCUT2D eigenvalue weighted by molar-refractivity contribution is 0.0957. The molecule has 0 saturated carbocycles. The predicted octanol–water partition coefficient (Wildman–Crippen LogP) is 2.44. The van der Waals surface area contributed by atoms with Crippen molar-refractivity contribution in [1.29, 1.82) is 0 Å². The van der Waals surface area contributed by atoms with E-state index in [1.54, 1.807) is 0 Å². The van der Waals surface area contributed by atoms with Crippen molar-refractivity contribution in [2.45, 2.75) is 20.3 Å². The van der Waals surface area contributed by atoms with Gasteiger partial charge in [0.15, 0.2) is 0 Å². The van der Waals surface area contributed by atoms with Crippen molar-refractivity contribution in [3.63, 3.8) is 0 Å². The van der Waals surface area contributed by atoms with Crippen molar-refractivity contribution in [3.8, 4) is 0 Å². The maximum absolute atomic E-state index is 11.7. The average molecular weight is 261 g/mol. The Bertz CT molecular complexity index is 352. The lowest BCUT2D eigenvalue weighted by Gasteiger charge is -2.04. The summed E-state index contributed by atoms with van der Waals surface area (Å²) in [4.78, 5) is 12.3. The predicted molar refractivity (Wildman–Crippen MR) is 69.6 cm³/mol. The van der Waals surface area contributed by atoms with Crippen molar-refractivity contribution in [3.05, 3.63) is 20.8 Å². The number of hydrogen-bond donors (Lipinski definition) is 2. The molecule has 5 heteroatoms. The van der Waals surface area contributed by atoms with Crippen LogP contribution in [0, 0.1) is 6.92 Å². The Labute approximate surface area is 105 Å². The number of aryl methyl sites for hydroxylation is 1. The third kappa shape index (κ3) is 3.77. The number of amides is 1. The Morgan fingerprint density at radius 1 is 1.50 bits per heavy atom. The van der Waals surface area contributed by atoms with Gasteiger partial charge in [-0.2, -0.15) is 0 Å². The highest BCUT2D eigenvalue weighted by Crippen LogP contribution is 2.26. The normalized spacial score (nSPS) is 10.4. The molecule has 0 radical (unpaired) electrons. The van der Waals surface area contributed by atoms with E-state index < -0.39 is 0 Å². The highest BCUT2D eigenvalue weighted by atomic mass is 35.5. The second kappa shape index (κ2) is 6.89. The van der Waals surface area contributed by atoms with Gasteiger partial charge in [0.2, 0.25) is 0 Å². The number of nitrogens with one attached hydrogen (secondary N) is 2. The van der Waals surface area contributed by atoms with Crippen LogP contribution in [0.1, 0.15) is 28.6 Å². The molecular weight excluding hydrogens is 244 g/mol. The molecule has 1 amide bonds. The first-order valence-corrected chi connectivity index (χ1v) is 6.65. The van der Waals surface area contributed by atoms with Crippen LogP contribution < -0.4 is 10.6 Å².